The highest BCUT2D eigenvalue weighted by molar-refractivity contribution is 5.80. The van der Waals surface area contributed by atoms with Crippen molar-refractivity contribution in [3.8, 4) is 0 Å². The predicted molar refractivity (Wildman–Crippen MR) is 145 cm³/mol. The minimum atomic E-state index is -1.49. The summed E-state index contributed by atoms with van der Waals surface area (Å²) in [5.74, 6) is -0.688. The Morgan fingerprint density at radius 1 is 0.951 bits per heavy atom. The molecule has 17 nitrogen and oxygen atoms in total. The molecule has 0 aromatic rings. The summed E-state index contributed by atoms with van der Waals surface area (Å²) in [6.07, 6.45) is -8.13. The van der Waals surface area contributed by atoms with Gasteiger partial charge < -0.3 is 84.4 Å². The molecule has 3 rings (SSSR count). The summed E-state index contributed by atoms with van der Waals surface area (Å²) in [7, 11) is 0. The van der Waals surface area contributed by atoms with Gasteiger partial charge in [0.2, 0.25) is 5.91 Å². The predicted octanol–water partition coefficient (Wildman–Crippen LogP) is -6.84. The second-order valence-corrected chi connectivity index (χ2v) is 11.0. The fourth-order valence-corrected chi connectivity index (χ4v) is 5.54. The van der Waals surface area contributed by atoms with Gasteiger partial charge in [-0.15, -0.1) is 0 Å². The maximum Gasteiger partial charge on any atom is 0.249 e. The molecule has 0 aromatic heterocycles. The summed E-state index contributed by atoms with van der Waals surface area (Å²) >= 11 is 0. The first-order valence-electron chi connectivity index (χ1n) is 14.2. The third-order valence-electron chi connectivity index (χ3n) is 7.93. The standard InChI is InChI=1S/C24H50N8O9/c25-4-3-14(34)22(37)32-13-7-12(29)20(40-23-11(28)2-1-10(8-27)38-23)17(31-6-5-26)21(13)41-24-19(36)16(30)18(35)15(9-33)39-24/h10-21,23-24,31,33-36H,1-9,25-30H2,(H,32,37)/t10-,11+,12-,13+,14-,15+,16-,17+,18+,19+,20+,21-,23+,24+/m0/s1. The Morgan fingerprint density at radius 2 is 1.66 bits per heavy atom. The van der Waals surface area contributed by atoms with Gasteiger partial charge in [0.05, 0.1) is 49.1 Å². The van der Waals surface area contributed by atoms with Crippen molar-refractivity contribution >= 4 is 5.91 Å². The number of aliphatic hydroxyl groups excluding tert-OH is 4. The van der Waals surface area contributed by atoms with E-state index in [9.17, 15) is 25.2 Å². The van der Waals surface area contributed by atoms with Gasteiger partial charge in [0, 0.05) is 25.7 Å². The molecule has 1 aliphatic carbocycles. The third kappa shape index (κ3) is 8.49. The third-order valence-corrected chi connectivity index (χ3v) is 7.93. The van der Waals surface area contributed by atoms with Crippen LogP contribution < -0.4 is 45.0 Å². The van der Waals surface area contributed by atoms with Crippen LogP contribution in [0.15, 0.2) is 0 Å². The van der Waals surface area contributed by atoms with E-state index < -0.39 is 91.9 Å². The molecule has 3 fully saturated rings. The van der Waals surface area contributed by atoms with Crippen molar-refractivity contribution < 1.29 is 44.2 Å². The Labute approximate surface area is 239 Å². The van der Waals surface area contributed by atoms with Gasteiger partial charge in [-0.2, -0.15) is 0 Å². The molecule has 17 heteroatoms. The van der Waals surface area contributed by atoms with Gasteiger partial charge in [0.25, 0.3) is 0 Å². The number of rotatable bonds is 13. The number of carbonyl (C=O) groups excluding carboxylic acids is 1. The van der Waals surface area contributed by atoms with Crippen LogP contribution in [0.3, 0.4) is 0 Å². The smallest absolute Gasteiger partial charge is 0.249 e. The van der Waals surface area contributed by atoms with Crippen LogP contribution in [0, 0.1) is 0 Å². The van der Waals surface area contributed by atoms with Crippen LogP contribution in [0.2, 0.25) is 0 Å². The maximum atomic E-state index is 12.8. The zero-order chi connectivity index (χ0) is 30.3. The fraction of sp³-hybridized carbons (Fsp3) is 0.958. The van der Waals surface area contributed by atoms with E-state index in [0.29, 0.717) is 19.4 Å². The van der Waals surface area contributed by atoms with Crippen LogP contribution in [-0.4, -0.2) is 145 Å². The second-order valence-electron chi connectivity index (χ2n) is 11.0. The summed E-state index contributed by atoms with van der Waals surface area (Å²) in [4.78, 5) is 12.8. The molecule has 18 N–H and O–H groups in total. The first-order chi connectivity index (χ1) is 19.6. The average molecular weight is 595 g/mol. The summed E-state index contributed by atoms with van der Waals surface area (Å²) in [6, 6.07) is -3.90. The highest BCUT2D eigenvalue weighted by atomic mass is 16.7. The van der Waals surface area contributed by atoms with Crippen LogP contribution in [0.4, 0.5) is 0 Å². The molecule has 240 valence electrons. The van der Waals surface area contributed by atoms with Crippen molar-refractivity contribution in [2.24, 2.45) is 34.4 Å². The van der Waals surface area contributed by atoms with Crippen LogP contribution in [0.1, 0.15) is 25.7 Å². The van der Waals surface area contributed by atoms with Crippen molar-refractivity contribution in [1.82, 2.24) is 10.6 Å². The first-order valence-corrected chi connectivity index (χ1v) is 14.2. The van der Waals surface area contributed by atoms with Gasteiger partial charge in [-0.05, 0) is 32.2 Å². The highest BCUT2D eigenvalue weighted by Gasteiger charge is 2.51. The van der Waals surface area contributed by atoms with E-state index in [1.165, 1.54) is 0 Å². The molecule has 14 atom stereocenters. The van der Waals surface area contributed by atoms with Crippen LogP contribution in [0.5, 0.6) is 0 Å². The van der Waals surface area contributed by atoms with E-state index in [-0.39, 0.29) is 38.6 Å². The number of carbonyl (C=O) groups is 1. The first kappa shape index (κ1) is 34.4. The highest BCUT2D eigenvalue weighted by Crippen LogP contribution is 2.31. The molecule has 1 saturated carbocycles. The zero-order valence-electron chi connectivity index (χ0n) is 23.2. The molecular formula is C24H50N8O9. The number of amides is 1. The molecular weight excluding hydrogens is 544 g/mol. The molecule has 0 aromatic carbocycles. The monoisotopic (exact) mass is 594 g/mol. The molecule has 3 aliphatic rings. The zero-order valence-corrected chi connectivity index (χ0v) is 23.2. The SMILES string of the molecule is NCCN[C@H]1[C@@H](O[C@H]2O[C@H](CO)[C@@H](O)[C@H](N)[C@H]2O)[C@H](NC(=O)[C@@H](O)CCN)C[C@H](N)[C@H]1O[C@H]1O[C@H](CN)CC[C@H]1N. The Hall–Kier alpha value is -1.13. The number of hydrogen-bond donors (Lipinski definition) is 12. The van der Waals surface area contributed by atoms with E-state index in [4.69, 9.17) is 53.3 Å². The molecule has 2 heterocycles. The van der Waals surface area contributed by atoms with Crippen molar-refractivity contribution in [3.63, 3.8) is 0 Å². The fourth-order valence-electron chi connectivity index (χ4n) is 5.54. The van der Waals surface area contributed by atoms with Gasteiger partial charge in [0.1, 0.15) is 24.4 Å². The van der Waals surface area contributed by atoms with E-state index in [2.05, 4.69) is 10.6 Å². The molecule has 2 aliphatic heterocycles. The lowest BCUT2D eigenvalue weighted by atomic mass is 9.81. The number of hydrogen-bond acceptors (Lipinski definition) is 16. The molecule has 41 heavy (non-hydrogen) atoms. The minimum Gasteiger partial charge on any atom is -0.394 e. The molecule has 1 amide bonds. The van der Waals surface area contributed by atoms with Gasteiger partial charge >= 0.3 is 0 Å². The molecule has 0 bridgehead atoms. The van der Waals surface area contributed by atoms with Crippen molar-refractivity contribution in [3.05, 3.63) is 0 Å². The van der Waals surface area contributed by atoms with Gasteiger partial charge in [-0.1, -0.05) is 0 Å². The Morgan fingerprint density at radius 3 is 2.29 bits per heavy atom. The van der Waals surface area contributed by atoms with Crippen molar-refractivity contribution in [2.75, 3.05) is 32.8 Å². The molecule has 2 saturated heterocycles. The molecule has 0 unspecified atom stereocenters. The van der Waals surface area contributed by atoms with E-state index in [1.807, 2.05) is 0 Å². The second kappa shape index (κ2) is 16.1. The lowest BCUT2D eigenvalue weighted by Gasteiger charge is -2.50. The van der Waals surface area contributed by atoms with Gasteiger partial charge in [-0.25, -0.2) is 0 Å². The summed E-state index contributed by atoms with van der Waals surface area (Å²) in [6.45, 7) is 0.326. The van der Waals surface area contributed by atoms with Gasteiger partial charge in [0.15, 0.2) is 12.6 Å². The van der Waals surface area contributed by atoms with E-state index in [0.717, 1.165) is 0 Å². The largest absolute Gasteiger partial charge is 0.394 e. The van der Waals surface area contributed by atoms with Crippen molar-refractivity contribution in [2.45, 2.75) is 111 Å². The average Bonchev–Trinajstić information content (AvgIpc) is 2.95. The Bertz CT molecular complexity index is 804. The topological polar surface area (TPSA) is 315 Å². The minimum absolute atomic E-state index is 0.0330. The number of nitrogens with two attached hydrogens (primary N) is 6. The van der Waals surface area contributed by atoms with E-state index >= 15 is 0 Å². The number of ether oxygens (including phenoxy) is 4. The summed E-state index contributed by atoms with van der Waals surface area (Å²) in [5, 5.41) is 47.1. The van der Waals surface area contributed by atoms with Crippen LogP contribution in [0.25, 0.3) is 0 Å². The number of aliphatic hydroxyl groups is 4. The Kier molecular flexibility index (Phi) is 13.5. The number of nitrogens with one attached hydrogen (secondary N) is 2. The lowest BCUT2D eigenvalue weighted by Crippen LogP contribution is -2.72. The van der Waals surface area contributed by atoms with Crippen LogP contribution in [-0.2, 0) is 23.7 Å². The van der Waals surface area contributed by atoms with Gasteiger partial charge in [-0.3, -0.25) is 4.79 Å². The molecule has 0 radical (unpaired) electrons. The lowest BCUT2D eigenvalue weighted by molar-refractivity contribution is -0.303. The van der Waals surface area contributed by atoms with Crippen molar-refractivity contribution in [1.29, 1.82) is 0 Å². The Balaban J connectivity index is 1.92. The maximum absolute atomic E-state index is 12.8. The summed E-state index contributed by atoms with van der Waals surface area (Å²) < 4.78 is 24.3. The molecule has 0 spiro atoms. The van der Waals surface area contributed by atoms with Crippen LogP contribution >= 0.6 is 0 Å². The normalized spacial score (nSPS) is 42.5. The van der Waals surface area contributed by atoms with E-state index in [1.54, 1.807) is 0 Å². The summed E-state index contributed by atoms with van der Waals surface area (Å²) in [5.41, 5.74) is 36.0. The quantitative estimate of drug-likeness (QED) is 0.0942.